The first-order valence-corrected chi connectivity index (χ1v) is 10.2. The molecule has 1 saturated heterocycles. The van der Waals surface area contributed by atoms with Crippen LogP contribution in [0, 0.1) is 0 Å². The minimum absolute atomic E-state index is 0.350. The predicted molar refractivity (Wildman–Crippen MR) is 108 cm³/mol. The number of likely N-dealkylation sites (tertiary alicyclic amines) is 1. The normalized spacial score (nSPS) is 24.5. The summed E-state index contributed by atoms with van der Waals surface area (Å²) in [7, 11) is 0. The van der Waals surface area contributed by atoms with Crippen molar-refractivity contribution in [1.29, 1.82) is 0 Å². The standard InChI is InChI=1S/C23H30N2O2/c26-20(17-27-21-9-5-2-6-10-21)16-25-13-11-19(12-14-25)24-23-15-22(23)18-7-3-1-4-8-18/h1-10,19-20,22-24,26H,11-17H2/t20-,22-,23+/m0/s1. The molecular formula is C23H30N2O2. The first-order valence-electron chi connectivity index (χ1n) is 10.2. The van der Waals surface area contributed by atoms with Gasteiger partial charge in [0.25, 0.3) is 0 Å². The second kappa shape index (κ2) is 8.87. The molecule has 0 bridgehead atoms. The Morgan fingerprint density at radius 3 is 2.37 bits per heavy atom. The van der Waals surface area contributed by atoms with E-state index in [4.69, 9.17) is 4.74 Å². The molecule has 1 heterocycles. The molecule has 2 fully saturated rings. The molecule has 4 heteroatoms. The topological polar surface area (TPSA) is 44.7 Å². The van der Waals surface area contributed by atoms with Crippen molar-refractivity contribution in [3.8, 4) is 5.75 Å². The third kappa shape index (κ3) is 5.32. The van der Waals surface area contributed by atoms with Crippen LogP contribution in [0.1, 0.15) is 30.7 Å². The number of hydrogen-bond acceptors (Lipinski definition) is 4. The van der Waals surface area contributed by atoms with E-state index in [1.54, 1.807) is 0 Å². The maximum Gasteiger partial charge on any atom is 0.119 e. The number of para-hydroxylation sites is 1. The number of aliphatic hydroxyl groups excluding tert-OH is 1. The van der Waals surface area contributed by atoms with E-state index in [-0.39, 0.29) is 0 Å². The number of benzene rings is 2. The zero-order valence-corrected chi connectivity index (χ0v) is 15.8. The van der Waals surface area contributed by atoms with Gasteiger partial charge < -0.3 is 20.1 Å². The van der Waals surface area contributed by atoms with Crippen LogP contribution in [0.2, 0.25) is 0 Å². The number of rotatable bonds is 8. The second-order valence-electron chi connectivity index (χ2n) is 7.88. The third-order valence-corrected chi connectivity index (χ3v) is 5.71. The molecule has 2 N–H and O–H groups in total. The quantitative estimate of drug-likeness (QED) is 0.754. The molecule has 0 aromatic heterocycles. The molecule has 0 amide bonds. The van der Waals surface area contributed by atoms with E-state index in [2.05, 4.69) is 40.5 Å². The summed E-state index contributed by atoms with van der Waals surface area (Å²) in [6.07, 6.45) is 3.13. The Morgan fingerprint density at radius 1 is 1.00 bits per heavy atom. The van der Waals surface area contributed by atoms with E-state index in [0.29, 0.717) is 31.2 Å². The zero-order chi connectivity index (χ0) is 18.5. The number of ether oxygens (including phenoxy) is 1. The maximum atomic E-state index is 10.3. The fourth-order valence-electron chi connectivity index (χ4n) is 4.09. The Labute approximate surface area is 162 Å². The summed E-state index contributed by atoms with van der Waals surface area (Å²) in [6, 6.07) is 21.8. The molecule has 0 unspecified atom stereocenters. The second-order valence-corrected chi connectivity index (χ2v) is 7.88. The molecule has 2 aromatic carbocycles. The van der Waals surface area contributed by atoms with Crippen molar-refractivity contribution >= 4 is 0 Å². The monoisotopic (exact) mass is 366 g/mol. The largest absolute Gasteiger partial charge is 0.491 e. The van der Waals surface area contributed by atoms with Crippen LogP contribution < -0.4 is 10.1 Å². The van der Waals surface area contributed by atoms with Gasteiger partial charge in [-0.05, 0) is 50.0 Å². The maximum absolute atomic E-state index is 10.3. The summed E-state index contributed by atoms with van der Waals surface area (Å²) in [5.41, 5.74) is 1.47. The SMILES string of the molecule is O[C@H](COc1ccccc1)CN1CCC(N[C@@H]2C[C@H]2c2ccccc2)CC1. The Kier molecular flexibility index (Phi) is 6.07. The van der Waals surface area contributed by atoms with Gasteiger partial charge in [-0.1, -0.05) is 48.5 Å². The highest BCUT2D eigenvalue weighted by atomic mass is 16.5. The summed E-state index contributed by atoms with van der Waals surface area (Å²) in [4.78, 5) is 2.36. The van der Waals surface area contributed by atoms with Crippen LogP contribution in [0.25, 0.3) is 0 Å². The predicted octanol–water partition coefficient (Wildman–Crippen LogP) is 3.04. The molecular weight excluding hydrogens is 336 g/mol. The van der Waals surface area contributed by atoms with Crippen LogP contribution >= 0.6 is 0 Å². The average Bonchev–Trinajstić information content (AvgIpc) is 3.49. The van der Waals surface area contributed by atoms with E-state index in [1.165, 1.54) is 12.0 Å². The molecule has 27 heavy (non-hydrogen) atoms. The molecule has 2 aliphatic rings. The molecule has 4 rings (SSSR count). The molecule has 4 nitrogen and oxygen atoms in total. The number of nitrogens with one attached hydrogen (secondary N) is 1. The van der Waals surface area contributed by atoms with Gasteiger partial charge in [0.15, 0.2) is 0 Å². The molecule has 2 aromatic rings. The van der Waals surface area contributed by atoms with E-state index in [1.807, 2.05) is 30.3 Å². The fraction of sp³-hybridized carbons (Fsp3) is 0.478. The van der Waals surface area contributed by atoms with Crippen LogP contribution in [0.15, 0.2) is 60.7 Å². The van der Waals surface area contributed by atoms with Gasteiger partial charge >= 0.3 is 0 Å². The highest BCUT2D eigenvalue weighted by Crippen LogP contribution is 2.41. The van der Waals surface area contributed by atoms with E-state index < -0.39 is 6.10 Å². The number of nitrogens with zero attached hydrogens (tertiary/aromatic N) is 1. The summed E-state index contributed by atoms with van der Waals surface area (Å²) < 4.78 is 5.66. The minimum atomic E-state index is -0.444. The van der Waals surface area contributed by atoms with Crippen molar-refractivity contribution in [3.63, 3.8) is 0 Å². The Bertz CT molecular complexity index is 686. The van der Waals surface area contributed by atoms with Gasteiger partial charge in [-0.2, -0.15) is 0 Å². The first kappa shape index (κ1) is 18.5. The summed E-state index contributed by atoms with van der Waals surface area (Å²) in [5, 5.41) is 14.1. The molecule has 3 atom stereocenters. The molecule has 0 spiro atoms. The first-order chi connectivity index (χ1) is 13.3. The lowest BCUT2D eigenvalue weighted by atomic mass is 10.0. The number of β-amino-alcohol motifs (C(OH)–C–C–N with tert-alkyl or cyclic N) is 1. The van der Waals surface area contributed by atoms with Crippen molar-refractivity contribution in [2.24, 2.45) is 0 Å². The van der Waals surface area contributed by atoms with Gasteiger partial charge in [0.05, 0.1) is 0 Å². The summed E-state index contributed by atoms with van der Waals surface area (Å²) in [5.74, 6) is 1.51. The van der Waals surface area contributed by atoms with Crippen LogP contribution in [0.3, 0.4) is 0 Å². The molecule has 0 radical (unpaired) electrons. The molecule has 1 aliphatic carbocycles. The van der Waals surface area contributed by atoms with Crippen molar-refractivity contribution in [1.82, 2.24) is 10.2 Å². The molecule has 144 valence electrons. The number of hydrogen-bond donors (Lipinski definition) is 2. The summed E-state index contributed by atoms with van der Waals surface area (Å²) >= 11 is 0. The van der Waals surface area contributed by atoms with Crippen LogP contribution in [0.5, 0.6) is 5.75 Å². The van der Waals surface area contributed by atoms with Gasteiger partial charge in [-0.25, -0.2) is 0 Å². The lowest BCUT2D eigenvalue weighted by Gasteiger charge is -2.33. The van der Waals surface area contributed by atoms with Crippen LogP contribution in [-0.4, -0.2) is 54.4 Å². The van der Waals surface area contributed by atoms with Crippen molar-refractivity contribution in [2.45, 2.75) is 43.4 Å². The summed E-state index contributed by atoms with van der Waals surface area (Å²) in [6.45, 7) is 3.13. The van der Waals surface area contributed by atoms with Crippen molar-refractivity contribution < 1.29 is 9.84 Å². The molecule has 1 aliphatic heterocycles. The minimum Gasteiger partial charge on any atom is -0.491 e. The van der Waals surface area contributed by atoms with Crippen molar-refractivity contribution in [3.05, 3.63) is 66.2 Å². The zero-order valence-electron chi connectivity index (χ0n) is 15.8. The fourth-order valence-corrected chi connectivity index (χ4v) is 4.09. The van der Waals surface area contributed by atoms with E-state index in [9.17, 15) is 5.11 Å². The highest BCUT2D eigenvalue weighted by Gasteiger charge is 2.39. The Balaban J connectivity index is 1.13. The van der Waals surface area contributed by atoms with Crippen LogP contribution in [0.4, 0.5) is 0 Å². The van der Waals surface area contributed by atoms with E-state index in [0.717, 1.165) is 31.7 Å². The van der Waals surface area contributed by atoms with E-state index >= 15 is 0 Å². The van der Waals surface area contributed by atoms with Gasteiger partial charge in [-0.15, -0.1) is 0 Å². The lowest BCUT2D eigenvalue weighted by Crippen LogP contribution is -2.46. The third-order valence-electron chi connectivity index (χ3n) is 5.71. The average molecular weight is 367 g/mol. The van der Waals surface area contributed by atoms with Crippen LogP contribution in [-0.2, 0) is 0 Å². The van der Waals surface area contributed by atoms with Gasteiger partial charge in [-0.3, -0.25) is 0 Å². The smallest absolute Gasteiger partial charge is 0.119 e. The van der Waals surface area contributed by atoms with Gasteiger partial charge in [0, 0.05) is 24.5 Å². The Morgan fingerprint density at radius 2 is 1.67 bits per heavy atom. The number of aliphatic hydroxyl groups is 1. The van der Waals surface area contributed by atoms with Crippen molar-refractivity contribution in [2.75, 3.05) is 26.2 Å². The van der Waals surface area contributed by atoms with Gasteiger partial charge in [0.2, 0.25) is 0 Å². The number of piperidine rings is 1. The highest BCUT2D eigenvalue weighted by molar-refractivity contribution is 5.27. The lowest BCUT2D eigenvalue weighted by molar-refractivity contribution is 0.0578. The molecule has 1 saturated carbocycles. The van der Waals surface area contributed by atoms with Gasteiger partial charge in [0.1, 0.15) is 18.5 Å². The Hall–Kier alpha value is -1.88.